The predicted molar refractivity (Wildman–Crippen MR) is 103 cm³/mol. The van der Waals surface area contributed by atoms with Crippen molar-refractivity contribution in [2.45, 2.75) is 37.9 Å². The average Bonchev–Trinajstić information content (AvgIpc) is 3.06. The minimum atomic E-state index is -0.650. The molecule has 154 valence electrons. The van der Waals surface area contributed by atoms with E-state index in [4.69, 9.17) is 9.47 Å². The Balaban J connectivity index is 1.66. The van der Waals surface area contributed by atoms with Crippen molar-refractivity contribution in [2.24, 2.45) is 0 Å². The Labute approximate surface area is 164 Å². The third-order valence-corrected chi connectivity index (χ3v) is 5.31. The summed E-state index contributed by atoms with van der Waals surface area (Å²) in [5.74, 6) is -0.480. The Morgan fingerprint density at radius 3 is 2.82 bits per heavy atom. The van der Waals surface area contributed by atoms with E-state index >= 15 is 0 Å². The molecular weight excluding hydrogens is 365 g/mol. The van der Waals surface area contributed by atoms with Crippen molar-refractivity contribution in [1.82, 2.24) is 16.0 Å². The summed E-state index contributed by atoms with van der Waals surface area (Å²) in [5, 5.41) is 8.72. The molecule has 0 unspecified atom stereocenters. The Morgan fingerprint density at radius 2 is 2.14 bits per heavy atom. The Morgan fingerprint density at radius 1 is 1.32 bits per heavy atom. The van der Waals surface area contributed by atoms with E-state index in [1.54, 1.807) is 6.07 Å². The molecule has 1 saturated heterocycles. The molecule has 3 rings (SSSR count). The van der Waals surface area contributed by atoms with Gasteiger partial charge in [0.2, 0.25) is 0 Å². The van der Waals surface area contributed by atoms with Crippen LogP contribution in [0, 0.1) is 0 Å². The molecule has 2 amide bonds. The van der Waals surface area contributed by atoms with Crippen LogP contribution in [0.5, 0.6) is 5.75 Å². The SMILES string of the molecule is CNC(=O)c1cc(C(=O)NCCC[C@@H]2CNCCO2)cc2c1O[C@H](CF)[C@H]2C. The monoisotopic (exact) mass is 393 g/mol. The molecule has 0 aliphatic carbocycles. The summed E-state index contributed by atoms with van der Waals surface area (Å²) in [6, 6.07) is 3.21. The largest absolute Gasteiger partial charge is 0.486 e. The number of alkyl halides is 1. The number of morpholine rings is 1. The van der Waals surface area contributed by atoms with Crippen LogP contribution in [-0.4, -0.2) is 64.0 Å². The number of hydrogen-bond donors (Lipinski definition) is 3. The van der Waals surface area contributed by atoms with Gasteiger partial charge in [-0.2, -0.15) is 0 Å². The quantitative estimate of drug-likeness (QED) is 0.609. The van der Waals surface area contributed by atoms with E-state index in [2.05, 4.69) is 16.0 Å². The van der Waals surface area contributed by atoms with Crippen molar-refractivity contribution in [2.75, 3.05) is 40.0 Å². The van der Waals surface area contributed by atoms with Gasteiger partial charge in [0.05, 0.1) is 18.3 Å². The van der Waals surface area contributed by atoms with E-state index in [0.29, 0.717) is 30.0 Å². The minimum Gasteiger partial charge on any atom is -0.486 e. The number of nitrogens with one attached hydrogen (secondary N) is 3. The summed E-state index contributed by atoms with van der Waals surface area (Å²) in [6.07, 6.45) is 1.21. The first-order valence-corrected chi connectivity index (χ1v) is 9.78. The standard InChI is InChI=1S/C20H28FN3O4/c1-12-15-8-13(9-16(20(26)22-2)18(15)28-17(12)10-21)19(25)24-5-3-4-14-11-23-6-7-27-14/h8-9,12,14,17,23H,3-7,10-11H2,1-2H3,(H,22,26)(H,24,25)/t12-,14+,17+/m0/s1. The van der Waals surface area contributed by atoms with E-state index < -0.39 is 12.8 Å². The van der Waals surface area contributed by atoms with Gasteiger partial charge in [-0.25, -0.2) is 4.39 Å². The molecule has 2 aliphatic heterocycles. The second-order valence-electron chi connectivity index (χ2n) is 7.22. The molecule has 1 fully saturated rings. The Bertz CT molecular complexity index is 722. The molecule has 0 bridgehead atoms. The average molecular weight is 393 g/mol. The van der Waals surface area contributed by atoms with E-state index in [9.17, 15) is 14.0 Å². The van der Waals surface area contributed by atoms with Crippen molar-refractivity contribution in [3.63, 3.8) is 0 Å². The maximum Gasteiger partial charge on any atom is 0.254 e. The van der Waals surface area contributed by atoms with E-state index in [1.165, 1.54) is 13.1 Å². The van der Waals surface area contributed by atoms with Crippen molar-refractivity contribution in [1.29, 1.82) is 0 Å². The van der Waals surface area contributed by atoms with Crippen molar-refractivity contribution < 1.29 is 23.5 Å². The lowest BCUT2D eigenvalue weighted by Crippen LogP contribution is -2.38. The first kappa shape index (κ1) is 20.5. The summed E-state index contributed by atoms with van der Waals surface area (Å²) >= 11 is 0. The lowest BCUT2D eigenvalue weighted by molar-refractivity contribution is 0.0225. The number of rotatable bonds is 7. The lowest BCUT2D eigenvalue weighted by Gasteiger charge is -2.23. The van der Waals surface area contributed by atoms with Gasteiger partial charge in [0.15, 0.2) is 0 Å². The zero-order valence-corrected chi connectivity index (χ0v) is 16.3. The second kappa shape index (κ2) is 9.34. The van der Waals surface area contributed by atoms with Gasteiger partial charge in [0.25, 0.3) is 11.8 Å². The van der Waals surface area contributed by atoms with Crippen LogP contribution in [0.25, 0.3) is 0 Å². The Kier molecular flexibility index (Phi) is 6.85. The summed E-state index contributed by atoms with van der Waals surface area (Å²) in [5.41, 5.74) is 1.33. The number of halogens is 1. The van der Waals surface area contributed by atoms with Crippen LogP contribution in [0.4, 0.5) is 4.39 Å². The zero-order valence-electron chi connectivity index (χ0n) is 16.3. The maximum absolute atomic E-state index is 13.2. The molecule has 7 nitrogen and oxygen atoms in total. The second-order valence-corrected chi connectivity index (χ2v) is 7.22. The molecule has 8 heteroatoms. The van der Waals surface area contributed by atoms with Crippen LogP contribution in [0.1, 0.15) is 52.0 Å². The van der Waals surface area contributed by atoms with Gasteiger partial charge in [-0.15, -0.1) is 0 Å². The van der Waals surface area contributed by atoms with Crippen LogP contribution in [0.15, 0.2) is 12.1 Å². The van der Waals surface area contributed by atoms with Gasteiger partial charge in [-0.1, -0.05) is 6.92 Å². The lowest BCUT2D eigenvalue weighted by atomic mass is 9.94. The maximum atomic E-state index is 13.2. The highest BCUT2D eigenvalue weighted by Crippen LogP contribution is 2.41. The van der Waals surface area contributed by atoms with Crippen LogP contribution >= 0.6 is 0 Å². The van der Waals surface area contributed by atoms with E-state index in [0.717, 1.165) is 25.9 Å². The number of carbonyl (C=O) groups excluding carboxylic acids is 2. The first-order valence-electron chi connectivity index (χ1n) is 9.78. The number of fused-ring (bicyclic) bond motifs is 1. The third kappa shape index (κ3) is 4.44. The minimum absolute atomic E-state index is 0.182. The summed E-state index contributed by atoms with van der Waals surface area (Å²) in [4.78, 5) is 24.9. The van der Waals surface area contributed by atoms with Crippen molar-refractivity contribution in [3.05, 3.63) is 28.8 Å². The molecule has 3 atom stereocenters. The molecule has 0 aromatic heterocycles. The summed E-state index contributed by atoms with van der Waals surface area (Å²) < 4.78 is 24.5. The normalized spacial score (nSPS) is 23.6. The predicted octanol–water partition coefficient (Wildman–Crippen LogP) is 1.38. The number of ether oxygens (including phenoxy) is 2. The number of benzene rings is 1. The topological polar surface area (TPSA) is 88.7 Å². The molecular formula is C20H28FN3O4. The third-order valence-electron chi connectivity index (χ3n) is 5.31. The number of amides is 2. The molecule has 2 heterocycles. The smallest absolute Gasteiger partial charge is 0.254 e. The van der Waals surface area contributed by atoms with E-state index in [-0.39, 0.29) is 29.4 Å². The highest BCUT2D eigenvalue weighted by atomic mass is 19.1. The van der Waals surface area contributed by atoms with E-state index in [1.807, 2.05) is 6.92 Å². The van der Waals surface area contributed by atoms with Crippen LogP contribution in [0.2, 0.25) is 0 Å². The Hall–Kier alpha value is -2.19. The van der Waals surface area contributed by atoms with Gasteiger partial charge in [-0.3, -0.25) is 9.59 Å². The van der Waals surface area contributed by atoms with Crippen molar-refractivity contribution in [3.8, 4) is 5.75 Å². The number of hydrogen-bond acceptors (Lipinski definition) is 5. The first-order chi connectivity index (χ1) is 13.5. The van der Waals surface area contributed by atoms with Crippen LogP contribution in [-0.2, 0) is 4.74 Å². The van der Waals surface area contributed by atoms with Gasteiger partial charge in [0.1, 0.15) is 18.5 Å². The molecule has 3 N–H and O–H groups in total. The fourth-order valence-corrected chi connectivity index (χ4v) is 3.61. The molecule has 2 aliphatic rings. The van der Waals surface area contributed by atoms with Crippen molar-refractivity contribution >= 4 is 11.8 Å². The molecule has 0 spiro atoms. The van der Waals surface area contributed by atoms with Crippen LogP contribution < -0.4 is 20.7 Å². The fourth-order valence-electron chi connectivity index (χ4n) is 3.61. The van der Waals surface area contributed by atoms with Gasteiger partial charge in [0, 0.05) is 43.7 Å². The zero-order chi connectivity index (χ0) is 20.1. The fraction of sp³-hybridized carbons (Fsp3) is 0.600. The summed E-state index contributed by atoms with van der Waals surface area (Å²) in [6.45, 7) is 4.14. The molecule has 0 radical (unpaired) electrons. The molecule has 0 saturated carbocycles. The molecule has 1 aromatic carbocycles. The molecule has 28 heavy (non-hydrogen) atoms. The molecule has 1 aromatic rings. The van der Waals surface area contributed by atoms with Gasteiger partial charge < -0.3 is 25.4 Å². The highest BCUT2D eigenvalue weighted by molar-refractivity contribution is 6.02. The summed E-state index contributed by atoms with van der Waals surface area (Å²) in [7, 11) is 1.51. The van der Waals surface area contributed by atoms with Gasteiger partial charge >= 0.3 is 0 Å². The number of carbonyl (C=O) groups is 2. The highest BCUT2D eigenvalue weighted by Gasteiger charge is 2.35. The van der Waals surface area contributed by atoms with Crippen LogP contribution in [0.3, 0.4) is 0 Å². The van der Waals surface area contributed by atoms with Gasteiger partial charge in [-0.05, 0) is 25.0 Å².